The number of halogens is 6. The fourth-order valence-electron chi connectivity index (χ4n) is 2.52. The first-order valence-corrected chi connectivity index (χ1v) is 6.32. The summed E-state index contributed by atoms with van der Waals surface area (Å²) in [5, 5.41) is 12.7. The zero-order valence-electron chi connectivity index (χ0n) is 11.8. The van der Waals surface area contributed by atoms with Crippen LogP contribution in [-0.4, -0.2) is 42.4 Å². The quantitative estimate of drug-likeness (QED) is 0.791. The molecule has 22 heavy (non-hydrogen) atoms. The maximum absolute atomic E-state index is 13.4. The lowest BCUT2D eigenvalue weighted by molar-refractivity contribution is -0.188. The summed E-state index contributed by atoms with van der Waals surface area (Å²) < 4.78 is 53.6. The highest BCUT2D eigenvalue weighted by Gasteiger charge is 2.47. The monoisotopic (exact) mass is 364 g/mol. The van der Waals surface area contributed by atoms with Crippen LogP contribution in [0.2, 0.25) is 0 Å². The summed E-state index contributed by atoms with van der Waals surface area (Å²) in [6.45, 7) is 2.69. The maximum atomic E-state index is 13.4. The predicted molar refractivity (Wildman–Crippen MR) is 80.5 cm³/mol. The van der Waals surface area contributed by atoms with Gasteiger partial charge in [0.2, 0.25) is 0 Å². The molecule has 1 aromatic carbocycles. The van der Waals surface area contributed by atoms with Gasteiger partial charge in [-0.3, -0.25) is 4.90 Å². The van der Waals surface area contributed by atoms with Crippen molar-refractivity contribution in [3.05, 3.63) is 29.1 Å². The lowest BCUT2D eigenvalue weighted by Crippen LogP contribution is -2.49. The van der Waals surface area contributed by atoms with Crippen molar-refractivity contribution in [1.82, 2.24) is 10.2 Å². The van der Waals surface area contributed by atoms with Crippen LogP contribution in [-0.2, 0) is 0 Å². The van der Waals surface area contributed by atoms with Crippen LogP contribution in [0.5, 0.6) is 5.75 Å². The zero-order chi connectivity index (χ0) is 14.9. The first kappa shape index (κ1) is 21.2. The molecule has 1 aliphatic heterocycles. The molecule has 1 aliphatic rings. The second-order valence-corrected chi connectivity index (χ2v) is 4.86. The van der Waals surface area contributed by atoms with Gasteiger partial charge in [0.25, 0.3) is 0 Å². The van der Waals surface area contributed by atoms with Gasteiger partial charge in [-0.25, -0.2) is 4.39 Å². The summed E-state index contributed by atoms with van der Waals surface area (Å²) in [6, 6.07) is 0.241. The molecule has 0 bridgehead atoms. The number of rotatable bonds is 2. The highest BCUT2D eigenvalue weighted by molar-refractivity contribution is 5.85. The van der Waals surface area contributed by atoms with Gasteiger partial charge in [-0.15, -0.1) is 24.8 Å². The number of nitrogens with zero attached hydrogens (tertiary/aromatic N) is 1. The van der Waals surface area contributed by atoms with Gasteiger partial charge < -0.3 is 10.4 Å². The van der Waals surface area contributed by atoms with Gasteiger partial charge in [0.05, 0.1) is 0 Å². The second-order valence-electron chi connectivity index (χ2n) is 4.86. The van der Waals surface area contributed by atoms with Crippen molar-refractivity contribution in [2.75, 3.05) is 26.2 Å². The topological polar surface area (TPSA) is 35.5 Å². The number of hydrogen-bond donors (Lipinski definition) is 2. The Hall–Kier alpha value is -0.760. The van der Waals surface area contributed by atoms with Crippen LogP contribution < -0.4 is 5.32 Å². The van der Waals surface area contributed by atoms with Crippen molar-refractivity contribution >= 4 is 24.8 Å². The fourth-order valence-corrected chi connectivity index (χ4v) is 2.52. The highest BCUT2D eigenvalue weighted by atomic mass is 35.5. The summed E-state index contributed by atoms with van der Waals surface area (Å²) in [5.74, 6) is -1.94. The number of phenols is 1. The van der Waals surface area contributed by atoms with Gasteiger partial charge in [0, 0.05) is 31.7 Å². The SMILES string of the molecule is Cc1ccc(F)c(O)c1[C@@H](N1CCNCC1)C(F)(F)F.Cl.Cl. The van der Waals surface area contributed by atoms with Crippen molar-refractivity contribution in [3.63, 3.8) is 0 Å². The minimum atomic E-state index is -4.58. The van der Waals surface area contributed by atoms with Crippen LogP contribution in [0, 0.1) is 12.7 Å². The van der Waals surface area contributed by atoms with Crippen molar-refractivity contribution in [1.29, 1.82) is 0 Å². The minimum Gasteiger partial charge on any atom is -0.505 e. The lowest BCUT2D eigenvalue weighted by atomic mass is 9.97. The molecule has 0 aromatic heterocycles. The Bertz CT molecular complexity index is 494. The summed E-state index contributed by atoms with van der Waals surface area (Å²) in [7, 11) is 0. The van der Waals surface area contributed by atoms with Crippen molar-refractivity contribution in [2.45, 2.75) is 19.1 Å². The number of alkyl halides is 3. The highest BCUT2D eigenvalue weighted by Crippen LogP contribution is 2.43. The summed E-state index contributed by atoms with van der Waals surface area (Å²) >= 11 is 0. The Kier molecular flexibility index (Phi) is 7.91. The Morgan fingerprint density at radius 1 is 1.18 bits per heavy atom. The average molecular weight is 365 g/mol. The molecule has 128 valence electrons. The van der Waals surface area contributed by atoms with Crippen LogP contribution in [0.1, 0.15) is 17.2 Å². The summed E-state index contributed by atoms with van der Waals surface area (Å²) in [6.07, 6.45) is -4.58. The van der Waals surface area contributed by atoms with Gasteiger partial charge in [-0.1, -0.05) is 6.07 Å². The Morgan fingerprint density at radius 2 is 1.73 bits per heavy atom. The van der Waals surface area contributed by atoms with E-state index in [9.17, 15) is 22.7 Å². The van der Waals surface area contributed by atoms with E-state index in [1.165, 1.54) is 17.9 Å². The number of aryl methyl sites for hydroxylation is 1. The van der Waals surface area contributed by atoms with Crippen molar-refractivity contribution in [3.8, 4) is 5.75 Å². The Balaban J connectivity index is 0.00000220. The number of benzene rings is 1. The smallest absolute Gasteiger partial charge is 0.408 e. The van der Waals surface area contributed by atoms with Gasteiger partial charge >= 0.3 is 6.18 Å². The first-order chi connectivity index (χ1) is 9.32. The van der Waals surface area contributed by atoms with E-state index in [0.717, 1.165) is 6.07 Å². The van der Waals surface area contributed by atoms with Crippen molar-refractivity contribution in [2.24, 2.45) is 0 Å². The van der Waals surface area contributed by atoms with E-state index in [0.29, 0.717) is 13.1 Å². The van der Waals surface area contributed by atoms with Crippen LogP contribution in [0.3, 0.4) is 0 Å². The fraction of sp³-hybridized carbons (Fsp3) is 0.538. The minimum absolute atomic E-state index is 0. The number of hydrogen-bond acceptors (Lipinski definition) is 3. The van der Waals surface area contributed by atoms with E-state index in [1.54, 1.807) is 0 Å². The van der Waals surface area contributed by atoms with Crippen LogP contribution in [0.4, 0.5) is 17.6 Å². The number of phenolic OH excluding ortho intramolecular Hbond substituents is 1. The molecule has 3 nitrogen and oxygen atoms in total. The van der Waals surface area contributed by atoms with E-state index in [1.807, 2.05) is 0 Å². The molecule has 1 aromatic rings. The van der Waals surface area contributed by atoms with Gasteiger partial charge in [-0.2, -0.15) is 13.2 Å². The molecule has 1 saturated heterocycles. The second kappa shape index (κ2) is 8.19. The molecule has 1 fully saturated rings. The van der Waals surface area contributed by atoms with Crippen LogP contribution in [0.15, 0.2) is 12.1 Å². The van der Waals surface area contributed by atoms with E-state index < -0.39 is 23.8 Å². The van der Waals surface area contributed by atoms with E-state index >= 15 is 0 Å². The Morgan fingerprint density at radius 3 is 2.23 bits per heavy atom. The third-order valence-corrected chi connectivity index (χ3v) is 3.49. The third kappa shape index (κ3) is 4.38. The van der Waals surface area contributed by atoms with E-state index in [-0.39, 0.29) is 49.0 Å². The number of nitrogens with one attached hydrogen (secondary N) is 1. The van der Waals surface area contributed by atoms with E-state index in [2.05, 4.69) is 5.32 Å². The normalized spacial score (nSPS) is 17.3. The predicted octanol–water partition coefficient (Wildman–Crippen LogP) is 3.19. The maximum Gasteiger partial charge on any atom is 0.408 e. The largest absolute Gasteiger partial charge is 0.505 e. The molecule has 0 saturated carbocycles. The van der Waals surface area contributed by atoms with E-state index in [4.69, 9.17) is 0 Å². The van der Waals surface area contributed by atoms with Crippen LogP contribution in [0.25, 0.3) is 0 Å². The molecule has 0 spiro atoms. The Labute approximate surface area is 138 Å². The van der Waals surface area contributed by atoms with Crippen molar-refractivity contribution < 1.29 is 22.7 Å². The van der Waals surface area contributed by atoms with Gasteiger partial charge in [-0.05, 0) is 18.6 Å². The summed E-state index contributed by atoms with van der Waals surface area (Å²) in [5.41, 5.74) is -0.163. The molecule has 0 aliphatic carbocycles. The molecule has 1 atom stereocenters. The molecule has 2 N–H and O–H groups in total. The van der Waals surface area contributed by atoms with Gasteiger partial charge in [0.1, 0.15) is 6.04 Å². The molecular weight excluding hydrogens is 347 g/mol. The average Bonchev–Trinajstić information content (AvgIpc) is 2.39. The number of piperazine rings is 1. The standard InChI is InChI=1S/C13H16F4N2O.2ClH/c1-8-2-3-9(14)11(20)10(8)12(13(15,16)17)19-6-4-18-5-7-19;;/h2-3,12,18,20H,4-7H2,1H3;2*1H/t12-;;/m1../s1. The molecule has 0 amide bonds. The molecular formula is C13H18Cl2F4N2O. The molecule has 9 heteroatoms. The number of aromatic hydroxyl groups is 1. The molecule has 0 radical (unpaired) electrons. The van der Waals surface area contributed by atoms with Crippen LogP contribution >= 0.6 is 24.8 Å². The third-order valence-electron chi connectivity index (χ3n) is 3.49. The summed E-state index contributed by atoms with van der Waals surface area (Å²) in [4.78, 5) is 1.22. The molecule has 1 heterocycles. The first-order valence-electron chi connectivity index (χ1n) is 6.32. The zero-order valence-corrected chi connectivity index (χ0v) is 13.4. The molecule has 2 rings (SSSR count). The molecule has 0 unspecified atom stereocenters. The van der Waals surface area contributed by atoms with Gasteiger partial charge in [0.15, 0.2) is 11.6 Å². The lowest BCUT2D eigenvalue weighted by Gasteiger charge is -2.37.